The van der Waals surface area contributed by atoms with E-state index in [4.69, 9.17) is 23.2 Å². The number of nitrogens with one attached hydrogen (secondary N) is 1. The van der Waals surface area contributed by atoms with Gasteiger partial charge in [0, 0.05) is 10.8 Å². The number of aryl methyl sites for hydroxylation is 1. The number of halogens is 3. The smallest absolute Gasteiger partial charge is 0.238 e. The van der Waals surface area contributed by atoms with E-state index in [2.05, 4.69) is 15.5 Å². The van der Waals surface area contributed by atoms with E-state index in [0.29, 0.717) is 21.8 Å². The van der Waals surface area contributed by atoms with Crippen LogP contribution in [-0.2, 0) is 17.1 Å². The van der Waals surface area contributed by atoms with Crippen LogP contribution >= 0.6 is 35.0 Å². The van der Waals surface area contributed by atoms with E-state index in [1.807, 2.05) is 29.7 Å². The van der Waals surface area contributed by atoms with Crippen molar-refractivity contribution in [3.8, 4) is 5.69 Å². The normalized spacial score (nSPS) is 12.0. The maximum absolute atomic E-state index is 13.1. The van der Waals surface area contributed by atoms with Crippen LogP contribution in [0.25, 0.3) is 5.69 Å². The number of aromatic nitrogens is 3. The van der Waals surface area contributed by atoms with Gasteiger partial charge in [0.2, 0.25) is 5.91 Å². The van der Waals surface area contributed by atoms with Gasteiger partial charge in [-0.1, -0.05) is 41.6 Å². The van der Waals surface area contributed by atoms with Crippen molar-refractivity contribution in [1.82, 2.24) is 20.1 Å². The fourth-order valence-electron chi connectivity index (χ4n) is 2.61. The fraction of sp³-hybridized carbons (Fsp3) is 0.250. The van der Waals surface area contributed by atoms with Crippen LogP contribution in [0.5, 0.6) is 0 Å². The summed E-state index contributed by atoms with van der Waals surface area (Å²) in [4.78, 5) is 11.9. The molecule has 2 aromatic carbocycles. The van der Waals surface area contributed by atoms with Gasteiger partial charge in [0.15, 0.2) is 11.0 Å². The molecule has 0 aliphatic carbocycles. The van der Waals surface area contributed by atoms with Crippen LogP contribution in [0.3, 0.4) is 0 Å². The highest BCUT2D eigenvalue weighted by Gasteiger charge is 2.18. The summed E-state index contributed by atoms with van der Waals surface area (Å²) in [6.07, 6.45) is 0. The first-order valence-corrected chi connectivity index (χ1v) is 10.6. The van der Waals surface area contributed by atoms with E-state index in [1.54, 1.807) is 19.1 Å². The summed E-state index contributed by atoms with van der Waals surface area (Å²) in [6, 6.07) is 11.9. The number of hydrogen-bond donors (Lipinski definition) is 1. The van der Waals surface area contributed by atoms with Gasteiger partial charge in [-0.25, -0.2) is 4.39 Å². The molecule has 3 aromatic rings. The van der Waals surface area contributed by atoms with Crippen molar-refractivity contribution < 1.29 is 9.18 Å². The topological polar surface area (TPSA) is 59.8 Å². The summed E-state index contributed by atoms with van der Waals surface area (Å²) in [5.74, 6) is 0.582. The molecule has 0 spiro atoms. The molecule has 3 rings (SSSR count). The molecule has 0 aliphatic heterocycles. The van der Waals surface area contributed by atoms with Crippen molar-refractivity contribution >= 4 is 40.9 Å². The standard InChI is InChI=1S/C20H19Cl2FN4OS/c1-12-3-6-15(22)9-17(12)27-18(10-24-19(28)13(2)21)25-26-20(27)29-11-14-4-7-16(23)8-5-14/h3-9,13H,10-11H2,1-2H3,(H,24,28). The Bertz CT molecular complexity index is 1010. The molecule has 1 amide bonds. The first kappa shape index (κ1) is 21.6. The zero-order valence-corrected chi connectivity index (χ0v) is 18.2. The maximum Gasteiger partial charge on any atom is 0.238 e. The minimum Gasteiger partial charge on any atom is -0.348 e. The van der Waals surface area contributed by atoms with Crippen LogP contribution in [0.1, 0.15) is 23.9 Å². The third kappa shape index (κ3) is 5.50. The minimum absolute atomic E-state index is 0.173. The molecule has 0 aliphatic rings. The summed E-state index contributed by atoms with van der Waals surface area (Å²) in [5.41, 5.74) is 2.77. The predicted molar refractivity (Wildman–Crippen MR) is 114 cm³/mol. The molecule has 0 radical (unpaired) electrons. The molecule has 1 N–H and O–H groups in total. The number of benzene rings is 2. The van der Waals surface area contributed by atoms with Gasteiger partial charge >= 0.3 is 0 Å². The SMILES string of the molecule is Cc1ccc(Cl)cc1-n1c(CNC(=O)C(C)Cl)nnc1SCc1ccc(F)cc1. The lowest BCUT2D eigenvalue weighted by atomic mass is 10.2. The number of alkyl halides is 1. The summed E-state index contributed by atoms with van der Waals surface area (Å²) in [7, 11) is 0. The second kappa shape index (κ2) is 9.61. The first-order valence-electron chi connectivity index (χ1n) is 8.85. The molecule has 0 fully saturated rings. The Hall–Kier alpha value is -2.09. The zero-order valence-electron chi connectivity index (χ0n) is 15.8. The van der Waals surface area contributed by atoms with Crippen molar-refractivity contribution in [3.05, 3.63) is 70.3 Å². The van der Waals surface area contributed by atoms with Crippen LogP contribution in [0, 0.1) is 12.7 Å². The van der Waals surface area contributed by atoms with Crippen LogP contribution in [-0.4, -0.2) is 26.0 Å². The van der Waals surface area contributed by atoms with E-state index < -0.39 is 5.38 Å². The molecule has 1 atom stereocenters. The molecule has 29 heavy (non-hydrogen) atoms. The number of carbonyl (C=O) groups excluding carboxylic acids is 1. The fourth-order valence-corrected chi connectivity index (χ4v) is 3.77. The van der Waals surface area contributed by atoms with Crippen LogP contribution in [0.15, 0.2) is 47.6 Å². The molecule has 1 aromatic heterocycles. The highest BCUT2D eigenvalue weighted by molar-refractivity contribution is 7.98. The van der Waals surface area contributed by atoms with E-state index in [-0.39, 0.29) is 18.3 Å². The number of hydrogen-bond acceptors (Lipinski definition) is 4. The Morgan fingerprint density at radius 1 is 1.24 bits per heavy atom. The Kier molecular flexibility index (Phi) is 7.16. The van der Waals surface area contributed by atoms with E-state index in [1.165, 1.54) is 23.9 Å². The van der Waals surface area contributed by atoms with Gasteiger partial charge in [0.05, 0.1) is 12.2 Å². The molecule has 152 valence electrons. The third-order valence-electron chi connectivity index (χ3n) is 4.18. The average Bonchev–Trinajstić information content (AvgIpc) is 3.10. The van der Waals surface area contributed by atoms with Gasteiger partial charge < -0.3 is 5.32 Å². The molecular weight excluding hydrogens is 434 g/mol. The number of carbonyl (C=O) groups is 1. The van der Waals surface area contributed by atoms with E-state index >= 15 is 0 Å². The maximum atomic E-state index is 13.1. The molecule has 9 heteroatoms. The number of nitrogens with zero attached hydrogens (tertiary/aromatic N) is 3. The second-order valence-corrected chi connectivity index (χ2v) is 8.45. The number of amides is 1. The third-order valence-corrected chi connectivity index (χ3v) is 5.61. The summed E-state index contributed by atoms with van der Waals surface area (Å²) in [6.45, 7) is 3.74. The van der Waals surface area contributed by atoms with Gasteiger partial charge in [0.25, 0.3) is 0 Å². The van der Waals surface area contributed by atoms with Crippen LogP contribution in [0.4, 0.5) is 4.39 Å². The quantitative estimate of drug-likeness (QED) is 0.408. The van der Waals surface area contributed by atoms with Crippen LogP contribution < -0.4 is 5.32 Å². The number of thioether (sulfide) groups is 1. The minimum atomic E-state index is -0.647. The van der Waals surface area contributed by atoms with Crippen molar-refractivity contribution in [2.75, 3.05) is 0 Å². The van der Waals surface area contributed by atoms with Gasteiger partial charge in [-0.15, -0.1) is 21.8 Å². The molecular formula is C20H19Cl2FN4OS. The molecule has 0 bridgehead atoms. The van der Waals surface area contributed by atoms with Crippen molar-refractivity contribution in [3.63, 3.8) is 0 Å². The second-order valence-electron chi connectivity index (χ2n) is 6.41. The lowest BCUT2D eigenvalue weighted by Crippen LogP contribution is -2.30. The molecule has 1 unspecified atom stereocenters. The van der Waals surface area contributed by atoms with Crippen molar-refractivity contribution in [1.29, 1.82) is 0 Å². The van der Waals surface area contributed by atoms with Crippen molar-refractivity contribution in [2.24, 2.45) is 0 Å². The zero-order chi connectivity index (χ0) is 21.0. The first-order chi connectivity index (χ1) is 13.8. The Morgan fingerprint density at radius 3 is 2.66 bits per heavy atom. The Morgan fingerprint density at radius 2 is 1.97 bits per heavy atom. The molecule has 0 saturated carbocycles. The molecule has 1 heterocycles. The number of rotatable bonds is 7. The lowest BCUT2D eigenvalue weighted by molar-refractivity contribution is -0.120. The van der Waals surface area contributed by atoms with Crippen molar-refractivity contribution in [2.45, 2.75) is 36.7 Å². The monoisotopic (exact) mass is 452 g/mol. The van der Waals surface area contributed by atoms with E-state index in [0.717, 1.165) is 16.8 Å². The van der Waals surface area contributed by atoms with E-state index in [9.17, 15) is 9.18 Å². The van der Waals surface area contributed by atoms with Gasteiger partial charge in [-0.2, -0.15) is 0 Å². The summed E-state index contributed by atoms with van der Waals surface area (Å²) >= 11 is 13.5. The largest absolute Gasteiger partial charge is 0.348 e. The summed E-state index contributed by atoms with van der Waals surface area (Å²) < 4.78 is 15.0. The molecule has 5 nitrogen and oxygen atoms in total. The van der Waals surface area contributed by atoms with Gasteiger partial charge in [-0.05, 0) is 49.2 Å². The molecule has 0 saturated heterocycles. The average molecular weight is 453 g/mol. The highest BCUT2D eigenvalue weighted by Crippen LogP contribution is 2.28. The predicted octanol–water partition coefficient (Wildman–Crippen LogP) is 4.90. The van der Waals surface area contributed by atoms with Gasteiger partial charge in [0.1, 0.15) is 11.2 Å². The summed E-state index contributed by atoms with van der Waals surface area (Å²) in [5, 5.41) is 11.9. The Labute approximate surface area is 182 Å². The Balaban J connectivity index is 1.91. The van der Waals surface area contributed by atoms with Crippen LogP contribution in [0.2, 0.25) is 5.02 Å². The highest BCUT2D eigenvalue weighted by atomic mass is 35.5. The lowest BCUT2D eigenvalue weighted by Gasteiger charge is -2.14. The van der Waals surface area contributed by atoms with Gasteiger partial charge in [-0.3, -0.25) is 9.36 Å².